The molecule has 0 aromatic heterocycles. The van der Waals surface area contributed by atoms with Crippen LogP contribution in [0.3, 0.4) is 0 Å². The molecule has 4 amide bonds. The number of piperazine rings is 1. The number of amides is 4. The molecule has 3 N–H and O–H groups in total. The van der Waals surface area contributed by atoms with Crippen LogP contribution in [0.4, 0.5) is 4.79 Å². The van der Waals surface area contributed by atoms with E-state index in [1.54, 1.807) is 6.92 Å². The highest BCUT2D eigenvalue weighted by Gasteiger charge is 2.47. The van der Waals surface area contributed by atoms with E-state index < -0.39 is 30.4 Å². The fourth-order valence-electron chi connectivity index (χ4n) is 4.63. The zero-order valence-corrected chi connectivity index (χ0v) is 18.9. The van der Waals surface area contributed by atoms with Crippen LogP contribution in [0.1, 0.15) is 24.5 Å². The molecule has 33 heavy (non-hydrogen) atoms. The second kappa shape index (κ2) is 9.15. The molecule has 0 aliphatic carbocycles. The largest absolute Gasteiger partial charge is 0.536 e. The summed E-state index contributed by atoms with van der Waals surface area (Å²) in [6, 6.07) is 5.10. The number of nitrogens with zero attached hydrogens (tertiary/aromatic N) is 2. The first kappa shape index (κ1) is 23.3. The van der Waals surface area contributed by atoms with Crippen molar-refractivity contribution in [3.8, 4) is 5.75 Å². The molecule has 1 aromatic rings. The van der Waals surface area contributed by atoms with Crippen molar-refractivity contribution in [1.82, 2.24) is 20.4 Å². The number of benzene rings is 1. The normalized spacial score (nSPS) is 21.8. The first-order valence-corrected chi connectivity index (χ1v) is 11.3. The van der Waals surface area contributed by atoms with Gasteiger partial charge in [0.05, 0.1) is 5.41 Å². The summed E-state index contributed by atoms with van der Waals surface area (Å²) < 4.78 is 5.70. The number of rotatable bonds is 6. The number of likely N-dealkylation sites (N-methyl/N-ethyl adjacent to an activating group) is 1. The van der Waals surface area contributed by atoms with Crippen LogP contribution in [-0.4, -0.2) is 84.8 Å². The zero-order valence-electron chi connectivity index (χ0n) is 18.9. The standard InChI is InChI=1S/C22H29BN4O6/c1-3-26-7-8-27(20(30)19(26)29)21(31)25-13-22(11-24-12-22)17(28)10-16-9-15-6-4-5-14(2)18(15)33-23(16)32/h4-6,16,24,32H,3,7-13H2,1-2H3,(H,25,31)/t16-/m1/s1. The van der Waals surface area contributed by atoms with Crippen LogP contribution in [0.15, 0.2) is 18.2 Å². The van der Waals surface area contributed by atoms with E-state index >= 15 is 0 Å². The number of imide groups is 1. The highest BCUT2D eigenvalue weighted by Crippen LogP contribution is 2.38. The summed E-state index contributed by atoms with van der Waals surface area (Å²) >= 11 is 0. The number of Topliss-reactive ketones (excluding diaryl/α,β-unsaturated/α-hetero) is 1. The summed E-state index contributed by atoms with van der Waals surface area (Å²) in [7, 11) is -1.08. The third kappa shape index (κ3) is 4.34. The Morgan fingerprint density at radius 3 is 2.70 bits per heavy atom. The van der Waals surface area contributed by atoms with Gasteiger partial charge in [-0.3, -0.25) is 19.3 Å². The molecule has 3 aliphatic heterocycles. The highest BCUT2D eigenvalue weighted by atomic mass is 16.5. The average Bonchev–Trinajstić information content (AvgIpc) is 2.76. The lowest BCUT2D eigenvalue weighted by atomic mass is 9.61. The molecule has 4 rings (SSSR count). The van der Waals surface area contributed by atoms with E-state index in [2.05, 4.69) is 10.6 Å². The number of aryl methyl sites for hydroxylation is 1. The van der Waals surface area contributed by atoms with Gasteiger partial charge < -0.3 is 25.2 Å². The average molecular weight is 456 g/mol. The summed E-state index contributed by atoms with van der Waals surface area (Å²) in [5, 5.41) is 16.2. The predicted octanol–water partition coefficient (Wildman–Crippen LogP) is -0.270. The lowest BCUT2D eigenvalue weighted by Crippen LogP contribution is -2.65. The second-order valence-electron chi connectivity index (χ2n) is 9.05. The zero-order chi connectivity index (χ0) is 23.8. The summed E-state index contributed by atoms with van der Waals surface area (Å²) in [6.45, 7) is 5.33. The van der Waals surface area contributed by atoms with Gasteiger partial charge in [0.15, 0.2) is 0 Å². The third-order valence-corrected chi connectivity index (χ3v) is 6.90. The minimum absolute atomic E-state index is 0.0481. The number of fused-ring (bicyclic) bond motifs is 1. The SMILES string of the molecule is CCN1CCN(C(=O)NCC2(C(=O)C[C@H]3Cc4cccc(C)c4OB3O)CNC2)C(=O)C1=O. The molecule has 1 atom stereocenters. The van der Waals surface area contributed by atoms with Crippen molar-refractivity contribution in [1.29, 1.82) is 0 Å². The third-order valence-electron chi connectivity index (χ3n) is 6.90. The molecule has 0 unspecified atom stereocenters. The van der Waals surface area contributed by atoms with Gasteiger partial charge in [-0.25, -0.2) is 4.79 Å². The Morgan fingerprint density at radius 2 is 2.03 bits per heavy atom. The monoisotopic (exact) mass is 456 g/mol. The second-order valence-corrected chi connectivity index (χ2v) is 9.05. The van der Waals surface area contributed by atoms with E-state index in [-0.39, 0.29) is 31.1 Å². The number of urea groups is 1. The van der Waals surface area contributed by atoms with Crippen molar-refractivity contribution >= 4 is 30.7 Å². The van der Waals surface area contributed by atoms with Crippen molar-refractivity contribution in [2.45, 2.75) is 32.5 Å². The Labute approximate surface area is 192 Å². The first-order chi connectivity index (χ1) is 15.8. The molecule has 3 aliphatic rings. The van der Waals surface area contributed by atoms with E-state index in [0.29, 0.717) is 38.3 Å². The number of para-hydroxylation sites is 1. The molecule has 0 spiro atoms. The van der Waals surface area contributed by atoms with Crippen LogP contribution in [0.2, 0.25) is 5.82 Å². The van der Waals surface area contributed by atoms with Crippen LogP contribution in [0, 0.1) is 12.3 Å². The van der Waals surface area contributed by atoms with Gasteiger partial charge in [-0.2, -0.15) is 0 Å². The van der Waals surface area contributed by atoms with Gasteiger partial charge in [0.25, 0.3) is 0 Å². The maximum absolute atomic E-state index is 13.2. The van der Waals surface area contributed by atoms with Crippen molar-refractivity contribution in [3.63, 3.8) is 0 Å². The first-order valence-electron chi connectivity index (χ1n) is 11.3. The molecule has 11 heteroatoms. The number of carbonyl (C=O) groups excluding carboxylic acids is 4. The highest BCUT2D eigenvalue weighted by molar-refractivity contribution is 6.46. The molecular formula is C22H29BN4O6. The van der Waals surface area contributed by atoms with Gasteiger partial charge in [-0.05, 0) is 31.4 Å². The van der Waals surface area contributed by atoms with E-state index in [1.807, 2.05) is 25.1 Å². The van der Waals surface area contributed by atoms with Gasteiger partial charge in [0, 0.05) is 51.5 Å². The fourth-order valence-corrected chi connectivity index (χ4v) is 4.63. The number of ketones is 1. The van der Waals surface area contributed by atoms with Crippen LogP contribution >= 0.6 is 0 Å². The molecule has 3 heterocycles. The van der Waals surface area contributed by atoms with E-state index in [1.165, 1.54) is 4.90 Å². The Morgan fingerprint density at radius 1 is 1.27 bits per heavy atom. The molecule has 176 valence electrons. The molecule has 0 bridgehead atoms. The minimum atomic E-state index is -1.08. The van der Waals surface area contributed by atoms with Gasteiger partial charge in [0.2, 0.25) is 0 Å². The summed E-state index contributed by atoms with van der Waals surface area (Å²) in [4.78, 5) is 52.4. The predicted molar refractivity (Wildman–Crippen MR) is 120 cm³/mol. The maximum Gasteiger partial charge on any atom is 0.526 e. The van der Waals surface area contributed by atoms with E-state index in [0.717, 1.165) is 16.0 Å². The van der Waals surface area contributed by atoms with Crippen molar-refractivity contribution < 1.29 is 28.9 Å². The minimum Gasteiger partial charge on any atom is -0.536 e. The molecule has 0 saturated carbocycles. The molecular weight excluding hydrogens is 427 g/mol. The van der Waals surface area contributed by atoms with Crippen LogP contribution in [0.25, 0.3) is 0 Å². The number of hydrogen-bond acceptors (Lipinski definition) is 7. The molecule has 0 radical (unpaired) electrons. The van der Waals surface area contributed by atoms with E-state index in [4.69, 9.17) is 4.65 Å². The van der Waals surface area contributed by atoms with Crippen molar-refractivity contribution in [2.24, 2.45) is 5.41 Å². The molecule has 2 saturated heterocycles. The van der Waals surface area contributed by atoms with Crippen LogP contribution in [0.5, 0.6) is 5.75 Å². The molecule has 1 aromatic carbocycles. The Hall–Kier alpha value is -2.92. The molecule has 10 nitrogen and oxygen atoms in total. The Balaban J connectivity index is 1.37. The fraction of sp³-hybridized carbons (Fsp3) is 0.545. The Bertz CT molecular complexity index is 982. The quantitative estimate of drug-likeness (QED) is 0.397. The summed E-state index contributed by atoms with van der Waals surface area (Å²) in [5.41, 5.74) is 1.08. The van der Waals surface area contributed by atoms with E-state index in [9.17, 15) is 24.2 Å². The van der Waals surface area contributed by atoms with Gasteiger partial charge >= 0.3 is 25.0 Å². The topological polar surface area (TPSA) is 128 Å². The Kier molecular flexibility index (Phi) is 6.44. The number of nitrogens with one attached hydrogen (secondary N) is 2. The van der Waals surface area contributed by atoms with Gasteiger partial charge in [-0.1, -0.05) is 18.2 Å². The summed E-state index contributed by atoms with van der Waals surface area (Å²) in [5.74, 6) is -1.35. The van der Waals surface area contributed by atoms with Gasteiger partial charge in [-0.15, -0.1) is 0 Å². The smallest absolute Gasteiger partial charge is 0.526 e. The van der Waals surface area contributed by atoms with Crippen LogP contribution in [-0.2, 0) is 20.8 Å². The van der Waals surface area contributed by atoms with Crippen molar-refractivity contribution in [2.75, 3.05) is 39.3 Å². The lowest BCUT2D eigenvalue weighted by molar-refractivity contribution is -0.153. The van der Waals surface area contributed by atoms with Crippen LogP contribution < -0.4 is 15.3 Å². The lowest BCUT2D eigenvalue weighted by Gasteiger charge is -2.42. The maximum atomic E-state index is 13.2. The van der Waals surface area contributed by atoms with Gasteiger partial charge in [0.1, 0.15) is 11.5 Å². The van der Waals surface area contributed by atoms with Crippen molar-refractivity contribution in [3.05, 3.63) is 29.3 Å². The molecule has 2 fully saturated rings. The number of carbonyl (C=O) groups is 4. The summed E-state index contributed by atoms with van der Waals surface area (Å²) in [6.07, 6.45) is 0.636. The number of hydrogen-bond donors (Lipinski definition) is 3.